The Kier molecular flexibility index (Phi) is 6.52. The Morgan fingerprint density at radius 1 is 1.19 bits per heavy atom. The third-order valence-corrected chi connectivity index (χ3v) is 5.76. The lowest BCUT2D eigenvalue weighted by Crippen LogP contribution is -2.52. The zero-order valence-electron chi connectivity index (χ0n) is 17.0. The van der Waals surface area contributed by atoms with Crippen LogP contribution in [-0.2, 0) is 20.1 Å². The number of piperazine rings is 1. The summed E-state index contributed by atoms with van der Waals surface area (Å²) in [5.41, 5.74) is 5.10. The van der Waals surface area contributed by atoms with E-state index in [0.717, 1.165) is 44.9 Å². The third-order valence-electron chi connectivity index (χ3n) is 5.76. The van der Waals surface area contributed by atoms with Gasteiger partial charge in [-0.3, -0.25) is 14.5 Å². The maximum Gasteiger partial charge on any atom is 0.122 e. The van der Waals surface area contributed by atoms with Crippen molar-refractivity contribution in [3.63, 3.8) is 0 Å². The van der Waals surface area contributed by atoms with E-state index in [-0.39, 0.29) is 6.61 Å². The quantitative estimate of drug-likeness (QED) is 0.807. The van der Waals surface area contributed by atoms with Crippen molar-refractivity contribution >= 4 is 0 Å². The number of benzene rings is 1. The number of aliphatic hydroxyl groups is 1. The van der Waals surface area contributed by atoms with Gasteiger partial charge in [-0.2, -0.15) is 5.10 Å². The SMILES string of the molecule is COc1ccc(CN2CCN(Cc3cnn(C)c3)C[C@H]2CCO)c(C)c1C. The van der Waals surface area contributed by atoms with E-state index in [1.165, 1.54) is 22.3 Å². The van der Waals surface area contributed by atoms with E-state index in [0.29, 0.717) is 6.04 Å². The molecular weight excluding hydrogens is 340 g/mol. The van der Waals surface area contributed by atoms with E-state index in [9.17, 15) is 5.11 Å². The molecule has 27 heavy (non-hydrogen) atoms. The highest BCUT2D eigenvalue weighted by molar-refractivity contribution is 5.43. The van der Waals surface area contributed by atoms with Crippen LogP contribution < -0.4 is 4.74 Å². The van der Waals surface area contributed by atoms with Crippen molar-refractivity contribution in [1.29, 1.82) is 0 Å². The Balaban J connectivity index is 1.68. The Morgan fingerprint density at radius 3 is 2.67 bits per heavy atom. The summed E-state index contributed by atoms with van der Waals surface area (Å²) < 4.78 is 7.30. The largest absolute Gasteiger partial charge is 0.496 e. The second-order valence-corrected chi connectivity index (χ2v) is 7.57. The molecule has 1 saturated heterocycles. The molecule has 0 saturated carbocycles. The minimum Gasteiger partial charge on any atom is -0.496 e. The molecule has 2 aromatic rings. The van der Waals surface area contributed by atoms with E-state index in [1.807, 2.05) is 17.9 Å². The first-order valence-electron chi connectivity index (χ1n) is 9.69. The summed E-state index contributed by atoms with van der Waals surface area (Å²) in [6, 6.07) is 4.61. The maximum atomic E-state index is 9.57. The van der Waals surface area contributed by atoms with Crippen molar-refractivity contribution in [3.05, 3.63) is 46.8 Å². The summed E-state index contributed by atoms with van der Waals surface area (Å²) in [6.07, 6.45) is 4.82. The van der Waals surface area contributed by atoms with Crippen LogP contribution in [0.2, 0.25) is 0 Å². The van der Waals surface area contributed by atoms with Gasteiger partial charge in [-0.05, 0) is 43.0 Å². The fourth-order valence-electron chi connectivity index (χ4n) is 4.01. The molecule has 0 amide bonds. The number of rotatable bonds is 7. The van der Waals surface area contributed by atoms with Gasteiger partial charge in [0, 0.05) is 64.2 Å². The molecule has 1 fully saturated rings. The first-order chi connectivity index (χ1) is 13.0. The average molecular weight is 373 g/mol. The standard InChI is InChI=1S/C21H32N4O2/c1-16-17(2)21(27-4)6-5-19(16)14-25-9-8-24(15-20(25)7-10-26)13-18-11-22-23(3)12-18/h5-6,11-12,20,26H,7-10,13-15H2,1-4H3/t20-/m1/s1. The van der Waals surface area contributed by atoms with Crippen LogP contribution in [0.15, 0.2) is 24.5 Å². The summed E-state index contributed by atoms with van der Waals surface area (Å²) in [5, 5.41) is 13.8. The fraction of sp³-hybridized carbons (Fsp3) is 0.571. The van der Waals surface area contributed by atoms with E-state index in [1.54, 1.807) is 7.11 Å². The lowest BCUT2D eigenvalue weighted by molar-refractivity contribution is 0.0498. The Labute approximate surface area is 162 Å². The predicted octanol–water partition coefficient (Wildman–Crippen LogP) is 2.11. The molecule has 1 aromatic carbocycles. The number of hydrogen-bond donors (Lipinski definition) is 1. The highest BCUT2D eigenvalue weighted by Crippen LogP contribution is 2.26. The van der Waals surface area contributed by atoms with Crippen LogP contribution in [0.5, 0.6) is 5.75 Å². The minimum atomic E-state index is 0.225. The molecular formula is C21H32N4O2. The summed E-state index contributed by atoms with van der Waals surface area (Å²) in [6.45, 7) is 9.38. The van der Waals surface area contributed by atoms with Gasteiger partial charge < -0.3 is 9.84 Å². The molecule has 3 rings (SSSR count). The molecule has 2 heterocycles. The number of aryl methyl sites for hydroxylation is 1. The molecule has 0 bridgehead atoms. The molecule has 1 atom stereocenters. The Hall–Kier alpha value is -1.89. The number of aliphatic hydroxyl groups excluding tert-OH is 1. The van der Waals surface area contributed by atoms with E-state index < -0.39 is 0 Å². The van der Waals surface area contributed by atoms with E-state index in [2.05, 4.69) is 47.1 Å². The Morgan fingerprint density at radius 2 is 2.00 bits per heavy atom. The number of aromatic nitrogens is 2. The molecule has 0 unspecified atom stereocenters. The zero-order chi connectivity index (χ0) is 19.4. The predicted molar refractivity (Wildman–Crippen MR) is 107 cm³/mol. The molecule has 148 valence electrons. The van der Waals surface area contributed by atoms with Gasteiger partial charge >= 0.3 is 0 Å². The lowest BCUT2D eigenvalue weighted by atomic mass is 10.00. The van der Waals surface area contributed by atoms with Gasteiger partial charge in [-0.15, -0.1) is 0 Å². The van der Waals surface area contributed by atoms with Gasteiger partial charge in [0.1, 0.15) is 5.75 Å². The summed E-state index contributed by atoms with van der Waals surface area (Å²) >= 11 is 0. The van der Waals surface area contributed by atoms with Crippen LogP contribution in [0.25, 0.3) is 0 Å². The average Bonchev–Trinajstić information content (AvgIpc) is 3.06. The number of hydrogen-bond acceptors (Lipinski definition) is 5. The van der Waals surface area contributed by atoms with Crippen LogP contribution in [0, 0.1) is 13.8 Å². The minimum absolute atomic E-state index is 0.225. The van der Waals surface area contributed by atoms with Crippen molar-refractivity contribution < 1.29 is 9.84 Å². The molecule has 1 N–H and O–H groups in total. The topological polar surface area (TPSA) is 53.8 Å². The summed E-state index contributed by atoms with van der Waals surface area (Å²) in [4.78, 5) is 4.99. The van der Waals surface area contributed by atoms with Crippen LogP contribution in [0.4, 0.5) is 0 Å². The molecule has 6 heteroatoms. The van der Waals surface area contributed by atoms with E-state index >= 15 is 0 Å². The molecule has 1 aliphatic heterocycles. The van der Waals surface area contributed by atoms with Crippen molar-refractivity contribution in [1.82, 2.24) is 19.6 Å². The zero-order valence-corrected chi connectivity index (χ0v) is 17.0. The van der Waals surface area contributed by atoms with Crippen LogP contribution in [0.3, 0.4) is 0 Å². The lowest BCUT2D eigenvalue weighted by Gasteiger charge is -2.41. The highest BCUT2D eigenvalue weighted by Gasteiger charge is 2.27. The van der Waals surface area contributed by atoms with Crippen LogP contribution in [-0.4, -0.2) is 64.1 Å². The molecule has 1 aliphatic rings. The first-order valence-corrected chi connectivity index (χ1v) is 9.69. The van der Waals surface area contributed by atoms with Gasteiger partial charge in [0.15, 0.2) is 0 Å². The van der Waals surface area contributed by atoms with Gasteiger partial charge in [0.25, 0.3) is 0 Å². The normalized spacial score (nSPS) is 18.8. The van der Waals surface area contributed by atoms with Crippen LogP contribution >= 0.6 is 0 Å². The summed E-state index contributed by atoms with van der Waals surface area (Å²) in [5.74, 6) is 0.949. The third kappa shape index (κ3) is 4.69. The van der Waals surface area contributed by atoms with Crippen LogP contribution in [0.1, 0.15) is 28.7 Å². The maximum absolute atomic E-state index is 9.57. The van der Waals surface area contributed by atoms with Gasteiger partial charge in [0.2, 0.25) is 0 Å². The second kappa shape index (κ2) is 8.87. The number of methoxy groups -OCH3 is 1. The number of ether oxygens (including phenoxy) is 1. The first kappa shape index (κ1) is 19.9. The summed E-state index contributed by atoms with van der Waals surface area (Å²) in [7, 11) is 3.68. The second-order valence-electron chi connectivity index (χ2n) is 7.57. The molecule has 6 nitrogen and oxygen atoms in total. The molecule has 0 spiro atoms. The van der Waals surface area contributed by atoms with E-state index in [4.69, 9.17) is 4.74 Å². The fourth-order valence-corrected chi connectivity index (χ4v) is 4.01. The van der Waals surface area contributed by atoms with Crippen molar-refractivity contribution in [2.24, 2.45) is 7.05 Å². The number of nitrogens with zero attached hydrogens (tertiary/aromatic N) is 4. The van der Waals surface area contributed by atoms with Crippen molar-refractivity contribution in [2.75, 3.05) is 33.4 Å². The smallest absolute Gasteiger partial charge is 0.122 e. The van der Waals surface area contributed by atoms with Crippen molar-refractivity contribution in [2.45, 2.75) is 39.4 Å². The van der Waals surface area contributed by atoms with Crippen molar-refractivity contribution in [3.8, 4) is 5.75 Å². The molecule has 0 radical (unpaired) electrons. The van der Waals surface area contributed by atoms with Gasteiger partial charge in [0.05, 0.1) is 13.3 Å². The monoisotopic (exact) mass is 372 g/mol. The highest BCUT2D eigenvalue weighted by atomic mass is 16.5. The molecule has 1 aromatic heterocycles. The Bertz CT molecular complexity index is 759. The molecule has 0 aliphatic carbocycles. The van der Waals surface area contributed by atoms with Gasteiger partial charge in [-0.1, -0.05) is 6.07 Å². The van der Waals surface area contributed by atoms with Gasteiger partial charge in [-0.25, -0.2) is 0 Å².